The van der Waals surface area contributed by atoms with Gasteiger partial charge in [0.25, 0.3) is 0 Å². The van der Waals surface area contributed by atoms with Gasteiger partial charge in [-0.25, -0.2) is 4.68 Å². The Morgan fingerprint density at radius 3 is 2.73 bits per heavy atom. The molecule has 1 aromatic carbocycles. The number of benzene rings is 1. The average molecular weight is 352 g/mol. The van der Waals surface area contributed by atoms with Crippen molar-refractivity contribution in [1.82, 2.24) is 19.9 Å². The molecule has 0 fully saturated rings. The minimum atomic E-state index is 0.532. The molecule has 0 amide bonds. The van der Waals surface area contributed by atoms with Crippen LogP contribution in [0.1, 0.15) is 5.56 Å². The minimum Gasteiger partial charge on any atom is -0.335 e. The molecule has 0 aliphatic heterocycles. The largest absolute Gasteiger partial charge is 0.335 e. The van der Waals surface area contributed by atoms with E-state index in [1.807, 2.05) is 24.3 Å². The Hall–Kier alpha value is -1.76. The Morgan fingerprint density at radius 1 is 1.14 bits per heavy atom. The fourth-order valence-electron chi connectivity index (χ4n) is 1.84. The van der Waals surface area contributed by atoms with Gasteiger partial charge in [0.05, 0.1) is 10.0 Å². The lowest BCUT2D eigenvalue weighted by Gasteiger charge is -2.04. The summed E-state index contributed by atoms with van der Waals surface area (Å²) < 4.78 is 1.46. The van der Waals surface area contributed by atoms with E-state index in [1.165, 1.54) is 16.4 Å². The summed E-state index contributed by atoms with van der Waals surface area (Å²) >= 11 is 13.4. The normalized spacial score (nSPS) is 10.8. The minimum absolute atomic E-state index is 0.532. The lowest BCUT2D eigenvalue weighted by atomic mass is 10.2. The van der Waals surface area contributed by atoms with Crippen molar-refractivity contribution < 1.29 is 0 Å². The molecule has 5 nitrogen and oxygen atoms in total. The van der Waals surface area contributed by atoms with Gasteiger partial charge in [0.1, 0.15) is 0 Å². The van der Waals surface area contributed by atoms with Gasteiger partial charge in [0.15, 0.2) is 5.82 Å². The van der Waals surface area contributed by atoms with Gasteiger partial charge in [-0.15, -0.1) is 10.2 Å². The highest BCUT2D eigenvalue weighted by molar-refractivity contribution is 7.98. The molecular weight excluding hydrogens is 341 g/mol. The first-order chi connectivity index (χ1) is 10.6. The molecule has 0 radical (unpaired) electrons. The quantitative estimate of drug-likeness (QED) is 0.573. The van der Waals surface area contributed by atoms with Crippen LogP contribution in [0.3, 0.4) is 0 Å². The molecule has 8 heteroatoms. The molecule has 0 atom stereocenters. The van der Waals surface area contributed by atoms with Crippen LogP contribution in [0.5, 0.6) is 0 Å². The van der Waals surface area contributed by atoms with E-state index >= 15 is 0 Å². The molecule has 2 heterocycles. The topological polar surface area (TPSA) is 69.6 Å². The fraction of sp³-hybridized carbons (Fsp3) is 0.0714. The van der Waals surface area contributed by atoms with Gasteiger partial charge in [-0.1, -0.05) is 41.0 Å². The number of rotatable bonds is 4. The van der Waals surface area contributed by atoms with Crippen molar-refractivity contribution in [2.75, 3.05) is 5.84 Å². The Morgan fingerprint density at radius 2 is 2.00 bits per heavy atom. The van der Waals surface area contributed by atoms with Crippen molar-refractivity contribution in [1.29, 1.82) is 0 Å². The number of nitrogens with zero attached hydrogens (tertiary/aromatic N) is 4. The summed E-state index contributed by atoms with van der Waals surface area (Å²) in [4.78, 5) is 4.05. The van der Waals surface area contributed by atoms with Crippen molar-refractivity contribution in [3.8, 4) is 11.4 Å². The first-order valence-corrected chi connectivity index (χ1v) is 8.07. The van der Waals surface area contributed by atoms with Gasteiger partial charge in [-0.3, -0.25) is 4.98 Å². The van der Waals surface area contributed by atoms with Crippen molar-refractivity contribution in [3.05, 3.63) is 58.3 Å². The molecule has 2 aromatic heterocycles. The summed E-state index contributed by atoms with van der Waals surface area (Å²) in [6.45, 7) is 0. The zero-order valence-electron chi connectivity index (χ0n) is 11.3. The SMILES string of the molecule is Nn1c(SCc2ccc(Cl)c(Cl)c2)nnc1-c1cccnc1. The number of nitrogens with two attached hydrogens (primary N) is 1. The van der Waals surface area contributed by atoms with E-state index in [2.05, 4.69) is 15.2 Å². The molecule has 0 saturated carbocycles. The number of halogens is 2. The maximum atomic E-state index is 6.05. The summed E-state index contributed by atoms with van der Waals surface area (Å²) in [5, 5.41) is 9.91. The summed E-state index contributed by atoms with van der Waals surface area (Å²) in [7, 11) is 0. The Labute approximate surface area is 141 Å². The van der Waals surface area contributed by atoms with Crippen molar-refractivity contribution in [2.24, 2.45) is 0 Å². The first-order valence-electron chi connectivity index (χ1n) is 6.33. The zero-order valence-corrected chi connectivity index (χ0v) is 13.6. The van der Waals surface area contributed by atoms with Crippen LogP contribution in [0.15, 0.2) is 47.9 Å². The van der Waals surface area contributed by atoms with E-state index in [0.717, 1.165) is 11.1 Å². The Kier molecular flexibility index (Phi) is 4.52. The van der Waals surface area contributed by atoms with Gasteiger partial charge in [-0.05, 0) is 29.8 Å². The van der Waals surface area contributed by atoms with E-state index in [4.69, 9.17) is 29.0 Å². The average Bonchev–Trinajstić information content (AvgIpc) is 2.90. The molecule has 0 spiro atoms. The van der Waals surface area contributed by atoms with Crippen LogP contribution in [0.25, 0.3) is 11.4 Å². The molecular formula is C14H11Cl2N5S. The maximum Gasteiger partial charge on any atom is 0.210 e. The second-order valence-corrected chi connectivity index (χ2v) is 6.21. The first kappa shape index (κ1) is 15.1. The lowest BCUT2D eigenvalue weighted by Crippen LogP contribution is -2.11. The molecule has 0 bridgehead atoms. The molecule has 112 valence electrons. The highest BCUT2D eigenvalue weighted by Gasteiger charge is 2.12. The number of nitrogen functional groups attached to an aromatic ring is 1. The standard InChI is InChI=1S/C14H11Cl2N5S/c15-11-4-3-9(6-12(11)16)8-22-14-20-19-13(21(14)17)10-2-1-5-18-7-10/h1-7H,8,17H2. The molecule has 22 heavy (non-hydrogen) atoms. The predicted octanol–water partition coefficient (Wildman–Crippen LogP) is 3.65. The van der Waals surface area contributed by atoms with E-state index in [0.29, 0.717) is 26.8 Å². The van der Waals surface area contributed by atoms with Crippen LogP contribution >= 0.6 is 35.0 Å². The number of hydrogen-bond donors (Lipinski definition) is 1. The van der Waals surface area contributed by atoms with Crippen molar-refractivity contribution >= 4 is 35.0 Å². The molecule has 0 aliphatic carbocycles. The maximum absolute atomic E-state index is 6.05. The number of pyridine rings is 1. The smallest absolute Gasteiger partial charge is 0.210 e. The third-order valence-electron chi connectivity index (χ3n) is 2.94. The van der Waals surface area contributed by atoms with E-state index in [1.54, 1.807) is 18.5 Å². The second-order valence-electron chi connectivity index (χ2n) is 4.46. The third-order valence-corrected chi connectivity index (χ3v) is 4.69. The van der Waals surface area contributed by atoms with Crippen LogP contribution in [-0.2, 0) is 5.75 Å². The van der Waals surface area contributed by atoms with Crippen LogP contribution in [0.4, 0.5) is 0 Å². The van der Waals surface area contributed by atoms with Gasteiger partial charge in [0, 0.05) is 23.7 Å². The molecule has 0 saturated heterocycles. The fourth-order valence-corrected chi connectivity index (χ4v) is 2.96. The highest BCUT2D eigenvalue weighted by atomic mass is 35.5. The summed E-state index contributed by atoms with van der Waals surface area (Å²) in [6.07, 6.45) is 3.39. The van der Waals surface area contributed by atoms with Crippen LogP contribution < -0.4 is 5.84 Å². The van der Waals surface area contributed by atoms with Gasteiger partial charge in [0.2, 0.25) is 5.16 Å². The van der Waals surface area contributed by atoms with Gasteiger partial charge >= 0.3 is 0 Å². The summed E-state index contributed by atoms with van der Waals surface area (Å²) in [6, 6.07) is 9.23. The van der Waals surface area contributed by atoms with Crippen molar-refractivity contribution in [3.63, 3.8) is 0 Å². The molecule has 3 rings (SSSR count). The van der Waals surface area contributed by atoms with Crippen LogP contribution in [-0.4, -0.2) is 19.9 Å². The van der Waals surface area contributed by atoms with E-state index in [9.17, 15) is 0 Å². The van der Waals surface area contributed by atoms with Crippen LogP contribution in [0.2, 0.25) is 10.0 Å². The summed E-state index contributed by atoms with van der Waals surface area (Å²) in [5.41, 5.74) is 1.85. The van der Waals surface area contributed by atoms with Gasteiger partial charge < -0.3 is 5.84 Å². The molecule has 0 aliphatic rings. The predicted molar refractivity (Wildman–Crippen MR) is 89.4 cm³/mol. The number of aromatic nitrogens is 4. The summed E-state index contributed by atoms with van der Waals surface area (Å²) in [5.74, 6) is 7.29. The Balaban J connectivity index is 1.76. The van der Waals surface area contributed by atoms with Gasteiger partial charge in [-0.2, -0.15) is 0 Å². The Bertz CT molecular complexity index is 791. The third kappa shape index (κ3) is 3.19. The number of thioether (sulfide) groups is 1. The lowest BCUT2D eigenvalue weighted by molar-refractivity contribution is 0.849. The zero-order chi connectivity index (χ0) is 15.5. The molecule has 0 unspecified atom stereocenters. The molecule has 2 N–H and O–H groups in total. The van der Waals surface area contributed by atoms with Crippen molar-refractivity contribution in [2.45, 2.75) is 10.9 Å². The highest BCUT2D eigenvalue weighted by Crippen LogP contribution is 2.27. The second kappa shape index (κ2) is 6.56. The monoisotopic (exact) mass is 351 g/mol. The van der Waals surface area contributed by atoms with E-state index in [-0.39, 0.29) is 0 Å². The number of hydrogen-bond acceptors (Lipinski definition) is 5. The van der Waals surface area contributed by atoms with E-state index < -0.39 is 0 Å². The molecule has 3 aromatic rings. The van der Waals surface area contributed by atoms with Crippen LogP contribution in [0, 0.1) is 0 Å².